The van der Waals surface area contributed by atoms with Crippen LogP contribution in [0.5, 0.6) is 0 Å². The van der Waals surface area contributed by atoms with Crippen LogP contribution in [0.1, 0.15) is 17.0 Å². The van der Waals surface area contributed by atoms with E-state index in [2.05, 4.69) is 45.5 Å². The van der Waals surface area contributed by atoms with E-state index in [0.717, 1.165) is 22.3 Å². The first-order chi connectivity index (χ1) is 9.74. The first kappa shape index (κ1) is 14.1. The summed E-state index contributed by atoms with van der Waals surface area (Å²) in [4.78, 5) is 1.39. The lowest BCUT2D eigenvalue weighted by molar-refractivity contribution is 0.605. The van der Waals surface area contributed by atoms with Crippen LogP contribution in [-0.4, -0.2) is 12.3 Å². The molecule has 3 rings (SSSR count). The molecule has 1 aliphatic heterocycles. The molecule has 104 valence electrons. The maximum absolute atomic E-state index is 13.2. The predicted molar refractivity (Wildman–Crippen MR) is 85.7 cm³/mol. The molecule has 0 fully saturated rings. The van der Waals surface area contributed by atoms with E-state index in [9.17, 15) is 4.39 Å². The van der Waals surface area contributed by atoms with Crippen molar-refractivity contribution in [3.63, 3.8) is 0 Å². The highest BCUT2D eigenvalue weighted by Crippen LogP contribution is 2.38. The Hall–Kier alpha value is -0.840. The molecule has 1 heterocycles. The van der Waals surface area contributed by atoms with E-state index in [4.69, 9.17) is 0 Å². The Kier molecular flexibility index (Phi) is 4.44. The van der Waals surface area contributed by atoms with Crippen molar-refractivity contribution in [1.29, 1.82) is 0 Å². The number of halogens is 2. The summed E-state index contributed by atoms with van der Waals surface area (Å²) in [5.41, 5.74) is 2.40. The minimum absolute atomic E-state index is 0.188. The molecule has 4 heteroatoms. The van der Waals surface area contributed by atoms with Crippen LogP contribution in [0.2, 0.25) is 0 Å². The van der Waals surface area contributed by atoms with Gasteiger partial charge in [0.15, 0.2) is 0 Å². The molecule has 1 atom stereocenters. The van der Waals surface area contributed by atoms with Gasteiger partial charge in [-0.05, 0) is 35.4 Å². The smallest absolute Gasteiger partial charge is 0.123 e. The molecule has 0 spiro atoms. The van der Waals surface area contributed by atoms with Gasteiger partial charge in [0.2, 0.25) is 0 Å². The number of fused-ring (bicyclic) bond motifs is 1. The van der Waals surface area contributed by atoms with Crippen molar-refractivity contribution in [2.24, 2.45) is 0 Å². The SMILES string of the molecule is Fc1ccc(Br)c(CNCC2CSc3ccccc32)c1. The van der Waals surface area contributed by atoms with E-state index in [0.29, 0.717) is 12.5 Å². The molecule has 0 bridgehead atoms. The number of benzene rings is 2. The van der Waals surface area contributed by atoms with Crippen molar-refractivity contribution in [2.75, 3.05) is 12.3 Å². The molecule has 0 aliphatic carbocycles. The van der Waals surface area contributed by atoms with Gasteiger partial charge in [0.25, 0.3) is 0 Å². The third kappa shape index (κ3) is 3.08. The average Bonchev–Trinajstić information content (AvgIpc) is 2.86. The van der Waals surface area contributed by atoms with Gasteiger partial charge in [0.1, 0.15) is 5.82 Å². The molecule has 0 amide bonds. The first-order valence-corrected chi connectivity index (χ1v) is 8.38. The van der Waals surface area contributed by atoms with Crippen LogP contribution in [0.3, 0.4) is 0 Å². The van der Waals surface area contributed by atoms with E-state index >= 15 is 0 Å². The van der Waals surface area contributed by atoms with Crippen LogP contribution in [0, 0.1) is 5.82 Å². The maximum Gasteiger partial charge on any atom is 0.123 e. The fraction of sp³-hybridized carbons (Fsp3) is 0.250. The van der Waals surface area contributed by atoms with Gasteiger partial charge in [-0.3, -0.25) is 0 Å². The van der Waals surface area contributed by atoms with Crippen molar-refractivity contribution in [3.8, 4) is 0 Å². The van der Waals surface area contributed by atoms with E-state index in [-0.39, 0.29) is 5.82 Å². The van der Waals surface area contributed by atoms with Gasteiger partial charge in [-0.2, -0.15) is 0 Å². The Morgan fingerprint density at radius 3 is 3.00 bits per heavy atom. The molecule has 2 aromatic carbocycles. The monoisotopic (exact) mass is 351 g/mol. The standard InChI is InChI=1S/C16H15BrFNS/c17-15-6-5-13(18)7-11(15)8-19-9-12-10-20-16-4-2-1-3-14(12)16/h1-7,12,19H,8-10H2. The lowest BCUT2D eigenvalue weighted by Gasteiger charge is -2.13. The molecule has 0 saturated heterocycles. The normalized spacial score (nSPS) is 17.2. The Balaban J connectivity index is 1.60. The Morgan fingerprint density at radius 2 is 2.10 bits per heavy atom. The van der Waals surface area contributed by atoms with Crippen molar-refractivity contribution >= 4 is 27.7 Å². The van der Waals surface area contributed by atoms with E-state index in [1.807, 2.05) is 11.8 Å². The van der Waals surface area contributed by atoms with Crippen LogP contribution >= 0.6 is 27.7 Å². The molecule has 1 aliphatic rings. The summed E-state index contributed by atoms with van der Waals surface area (Å²) in [6.45, 7) is 1.61. The second-order valence-electron chi connectivity index (χ2n) is 4.91. The largest absolute Gasteiger partial charge is 0.312 e. The highest BCUT2D eigenvalue weighted by atomic mass is 79.9. The molecule has 0 aromatic heterocycles. The summed E-state index contributed by atoms with van der Waals surface area (Å²) < 4.78 is 14.2. The molecule has 1 unspecified atom stereocenters. The van der Waals surface area contributed by atoms with E-state index in [1.54, 1.807) is 12.1 Å². The van der Waals surface area contributed by atoms with Gasteiger partial charge in [0, 0.05) is 34.1 Å². The number of hydrogen-bond donors (Lipinski definition) is 1. The summed E-state index contributed by atoms with van der Waals surface area (Å²) in [7, 11) is 0. The van der Waals surface area contributed by atoms with Crippen LogP contribution in [-0.2, 0) is 6.54 Å². The minimum Gasteiger partial charge on any atom is -0.312 e. The zero-order chi connectivity index (χ0) is 13.9. The highest BCUT2D eigenvalue weighted by molar-refractivity contribution is 9.10. The lowest BCUT2D eigenvalue weighted by Crippen LogP contribution is -2.21. The van der Waals surface area contributed by atoms with Crippen LogP contribution in [0.25, 0.3) is 0 Å². The molecular formula is C16H15BrFNS. The maximum atomic E-state index is 13.2. The highest BCUT2D eigenvalue weighted by Gasteiger charge is 2.21. The zero-order valence-electron chi connectivity index (χ0n) is 10.9. The molecule has 0 radical (unpaired) electrons. The van der Waals surface area contributed by atoms with Crippen LogP contribution in [0.4, 0.5) is 4.39 Å². The van der Waals surface area contributed by atoms with Crippen molar-refractivity contribution in [2.45, 2.75) is 17.4 Å². The minimum atomic E-state index is -0.188. The fourth-order valence-corrected chi connectivity index (χ4v) is 4.10. The van der Waals surface area contributed by atoms with Crippen LogP contribution in [0.15, 0.2) is 51.8 Å². The summed E-state index contributed by atoms with van der Waals surface area (Å²) in [5.74, 6) is 1.48. The van der Waals surface area contributed by atoms with Gasteiger partial charge < -0.3 is 5.32 Å². The summed E-state index contributed by atoms with van der Waals surface area (Å²) in [5, 5.41) is 3.44. The topological polar surface area (TPSA) is 12.0 Å². The number of nitrogens with one attached hydrogen (secondary N) is 1. The average molecular weight is 352 g/mol. The van der Waals surface area contributed by atoms with Crippen molar-refractivity contribution < 1.29 is 4.39 Å². The second-order valence-corrected chi connectivity index (χ2v) is 6.83. The molecule has 20 heavy (non-hydrogen) atoms. The first-order valence-electron chi connectivity index (χ1n) is 6.60. The quantitative estimate of drug-likeness (QED) is 0.865. The van der Waals surface area contributed by atoms with Gasteiger partial charge in [-0.25, -0.2) is 4.39 Å². The van der Waals surface area contributed by atoms with Crippen molar-refractivity contribution in [3.05, 3.63) is 63.9 Å². The Bertz CT molecular complexity index is 617. The lowest BCUT2D eigenvalue weighted by atomic mass is 10.0. The zero-order valence-corrected chi connectivity index (χ0v) is 13.3. The summed E-state index contributed by atoms with van der Waals surface area (Å²) in [6.07, 6.45) is 0. The number of rotatable bonds is 4. The fourth-order valence-electron chi connectivity index (χ4n) is 2.46. The van der Waals surface area contributed by atoms with E-state index < -0.39 is 0 Å². The summed E-state index contributed by atoms with van der Waals surface area (Å²) in [6, 6.07) is 13.4. The second kappa shape index (κ2) is 6.29. The molecule has 1 nitrogen and oxygen atoms in total. The van der Waals surface area contributed by atoms with E-state index in [1.165, 1.54) is 16.5 Å². The van der Waals surface area contributed by atoms with Crippen molar-refractivity contribution in [1.82, 2.24) is 5.32 Å². The molecule has 2 aromatic rings. The Labute approximate surface area is 131 Å². The Morgan fingerprint density at radius 1 is 1.25 bits per heavy atom. The number of thioether (sulfide) groups is 1. The third-order valence-electron chi connectivity index (χ3n) is 3.51. The molecular weight excluding hydrogens is 337 g/mol. The summed E-state index contributed by atoms with van der Waals surface area (Å²) >= 11 is 5.38. The van der Waals surface area contributed by atoms with Gasteiger partial charge in [0.05, 0.1) is 0 Å². The van der Waals surface area contributed by atoms with Gasteiger partial charge in [-0.1, -0.05) is 34.1 Å². The molecule has 0 saturated carbocycles. The predicted octanol–water partition coefficient (Wildman–Crippen LogP) is 4.57. The number of hydrogen-bond acceptors (Lipinski definition) is 2. The third-order valence-corrected chi connectivity index (χ3v) is 5.54. The van der Waals surface area contributed by atoms with Gasteiger partial charge >= 0.3 is 0 Å². The van der Waals surface area contributed by atoms with Crippen LogP contribution < -0.4 is 5.32 Å². The molecule has 1 N–H and O–H groups in total. The van der Waals surface area contributed by atoms with Gasteiger partial charge in [-0.15, -0.1) is 11.8 Å².